The summed E-state index contributed by atoms with van der Waals surface area (Å²) in [6, 6.07) is 7.20. The first-order chi connectivity index (χ1) is 19.0. The number of allylic oxidation sites excluding steroid dienone is 3. The first kappa shape index (κ1) is 29.0. The Balaban J connectivity index is 1.45. The van der Waals surface area contributed by atoms with Gasteiger partial charge in [-0.3, -0.25) is 9.59 Å². The molecule has 4 aliphatic carbocycles. The molecular weight excluding hydrogens is 526 g/mol. The lowest BCUT2D eigenvalue weighted by Gasteiger charge is -2.60. The predicted molar refractivity (Wildman–Crippen MR) is 157 cm³/mol. The van der Waals surface area contributed by atoms with Crippen molar-refractivity contribution in [2.24, 2.45) is 39.3 Å². The highest BCUT2D eigenvalue weighted by molar-refractivity contribution is 7.96. The highest BCUT2D eigenvalue weighted by atomic mass is 32.1. The number of methoxy groups -OCH3 is 1. The average Bonchev–Trinajstić information content (AvgIpc) is 3.19. The van der Waals surface area contributed by atoms with Crippen LogP contribution in [0.1, 0.15) is 62.7 Å². The zero-order valence-corrected chi connectivity index (χ0v) is 24.4. The molecule has 9 heteroatoms. The number of nitrogens with one attached hydrogen (secondary N) is 1. The maximum atomic E-state index is 12.5. The molecule has 1 amide bonds. The fourth-order valence-electron chi connectivity index (χ4n) is 8.52. The number of aliphatic hydroxyl groups excluding tert-OH is 1. The number of nitrogens with zero attached hydrogens (tertiary/aromatic N) is 1. The third kappa shape index (κ3) is 4.55. The van der Waals surface area contributed by atoms with Crippen LogP contribution in [0.15, 0.2) is 52.7 Å². The summed E-state index contributed by atoms with van der Waals surface area (Å²) in [5.41, 5.74) is 7.75. The molecule has 216 valence electrons. The number of thiol groups is 1. The van der Waals surface area contributed by atoms with Gasteiger partial charge in [-0.2, -0.15) is 0 Å². The topological polar surface area (TPSA) is 134 Å². The van der Waals surface area contributed by atoms with Crippen molar-refractivity contribution in [2.75, 3.05) is 20.3 Å². The average molecular weight is 568 g/mol. The van der Waals surface area contributed by atoms with E-state index in [0.29, 0.717) is 43.7 Å². The quantitative estimate of drug-likeness (QED) is 0.263. The zero-order chi connectivity index (χ0) is 28.9. The largest absolute Gasteiger partial charge is 0.404 e. The van der Waals surface area contributed by atoms with Gasteiger partial charge in [0.25, 0.3) is 5.91 Å². The van der Waals surface area contributed by atoms with Crippen molar-refractivity contribution in [3.05, 3.63) is 53.3 Å². The van der Waals surface area contributed by atoms with Gasteiger partial charge in [-0.1, -0.05) is 25.5 Å². The maximum Gasteiger partial charge on any atom is 0.251 e. The molecule has 5 N–H and O–H groups in total. The van der Waals surface area contributed by atoms with Crippen molar-refractivity contribution >= 4 is 35.1 Å². The second-order valence-electron chi connectivity index (χ2n) is 12.5. The molecule has 0 saturated heterocycles. The highest BCUT2D eigenvalue weighted by Gasteiger charge is 2.68. The van der Waals surface area contributed by atoms with E-state index in [2.05, 4.69) is 30.9 Å². The Morgan fingerprint density at radius 3 is 2.77 bits per heavy atom. The summed E-state index contributed by atoms with van der Waals surface area (Å²) in [7, 11) is 1.59. The third-order valence-corrected chi connectivity index (χ3v) is 10.9. The van der Waals surface area contributed by atoms with Gasteiger partial charge in [0, 0.05) is 24.6 Å². The molecule has 0 aliphatic heterocycles. The molecule has 0 aromatic heterocycles. The number of aliphatic imine (C=N–C) groups is 1. The second kappa shape index (κ2) is 10.7. The number of aliphatic hydroxyl groups is 2. The first-order valence-electron chi connectivity index (χ1n) is 14.2. The van der Waals surface area contributed by atoms with Crippen molar-refractivity contribution in [3.63, 3.8) is 0 Å². The van der Waals surface area contributed by atoms with Gasteiger partial charge in [0.15, 0.2) is 0 Å². The predicted octanol–water partition coefficient (Wildman–Crippen LogP) is 3.71. The van der Waals surface area contributed by atoms with Crippen LogP contribution in [0.25, 0.3) is 0 Å². The number of hydrogen-bond donors (Lipinski definition) is 5. The van der Waals surface area contributed by atoms with Crippen LogP contribution >= 0.6 is 12.6 Å². The normalized spacial score (nSPS) is 38.8. The number of carbonyl (C=O) groups excluding carboxylic acids is 2. The molecule has 0 radical (unpaired) electrons. The molecule has 0 bridgehead atoms. The number of ether oxygens (including phenoxy) is 1. The van der Waals surface area contributed by atoms with E-state index in [1.807, 2.05) is 19.1 Å². The summed E-state index contributed by atoms with van der Waals surface area (Å²) < 4.78 is 5.01. The monoisotopic (exact) mass is 567 g/mol. The molecule has 0 spiro atoms. The molecule has 3 fully saturated rings. The number of hydrogen-bond acceptors (Lipinski definition) is 7. The molecule has 0 heterocycles. The Kier molecular flexibility index (Phi) is 7.80. The molecule has 4 aliphatic rings. The molecule has 3 saturated carbocycles. The summed E-state index contributed by atoms with van der Waals surface area (Å²) in [6.45, 7) is 5.05. The minimum Gasteiger partial charge on any atom is -0.404 e. The highest BCUT2D eigenvalue weighted by Crippen LogP contribution is 2.68. The van der Waals surface area contributed by atoms with E-state index in [1.165, 1.54) is 5.57 Å². The Bertz CT molecular complexity index is 1290. The van der Waals surface area contributed by atoms with Crippen LogP contribution in [0, 0.1) is 28.6 Å². The van der Waals surface area contributed by atoms with Crippen LogP contribution in [0.5, 0.6) is 0 Å². The lowest BCUT2D eigenvalue weighted by molar-refractivity contribution is -0.173. The number of nitrogens with two attached hydrogens (primary N) is 1. The lowest BCUT2D eigenvalue weighted by atomic mass is 9.45. The van der Waals surface area contributed by atoms with Crippen molar-refractivity contribution in [1.29, 1.82) is 0 Å². The zero-order valence-electron chi connectivity index (χ0n) is 23.5. The Morgan fingerprint density at radius 1 is 1.30 bits per heavy atom. The number of amides is 1. The van der Waals surface area contributed by atoms with E-state index in [0.717, 1.165) is 30.5 Å². The number of fused-ring (bicyclic) bond motifs is 5. The van der Waals surface area contributed by atoms with Crippen molar-refractivity contribution < 1.29 is 24.5 Å². The van der Waals surface area contributed by atoms with Gasteiger partial charge < -0.3 is 26.0 Å². The minimum atomic E-state index is -1.51. The van der Waals surface area contributed by atoms with E-state index in [1.54, 1.807) is 25.4 Å². The van der Waals surface area contributed by atoms with Crippen LogP contribution in [-0.4, -0.2) is 58.9 Å². The Hall–Kier alpha value is -2.46. The maximum absolute atomic E-state index is 12.5. The Labute approximate surface area is 241 Å². The van der Waals surface area contributed by atoms with Crippen LogP contribution in [-0.2, 0) is 9.53 Å². The summed E-state index contributed by atoms with van der Waals surface area (Å²) in [4.78, 5) is 29.9. The first-order valence-corrected chi connectivity index (χ1v) is 14.6. The SMILES string of the molecule is COCCNC(=O)c1cccc(N=C2C=C3CC[C@@H]4C(C(O)C[C@@]5(C)C4CC[C@]5(O)C(=O)S)[C@@]3(C)CC2=CN)c1. The molecule has 8 nitrogen and oxygen atoms in total. The van der Waals surface area contributed by atoms with Crippen molar-refractivity contribution in [2.45, 2.75) is 64.1 Å². The molecule has 1 aromatic carbocycles. The van der Waals surface area contributed by atoms with E-state index in [4.69, 9.17) is 15.5 Å². The molecular formula is C31H41N3O5S. The minimum absolute atomic E-state index is 0.0152. The van der Waals surface area contributed by atoms with Gasteiger partial charge in [0.1, 0.15) is 5.60 Å². The molecule has 40 heavy (non-hydrogen) atoms. The molecule has 1 aromatic rings. The summed E-state index contributed by atoms with van der Waals surface area (Å²) >= 11 is 4.06. The van der Waals surface area contributed by atoms with E-state index < -0.39 is 22.2 Å². The van der Waals surface area contributed by atoms with E-state index in [9.17, 15) is 19.8 Å². The fraction of sp³-hybridized carbons (Fsp3) is 0.581. The smallest absolute Gasteiger partial charge is 0.251 e. The van der Waals surface area contributed by atoms with E-state index in [-0.39, 0.29) is 29.1 Å². The molecule has 3 unspecified atom stereocenters. The second-order valence-corrected chi connectivity index (χ2v) is 12.9. The van der Waals surface area contributed by atoms with Crippen LogP contribution in [0.4, 0.5) is 5.69 Å². The van der Waals surface area contributed by atoms with Crippen LogP contribution in [0.2, 0.25) is 0 Å². The van der Waals surface area contributed by atoms with Gasteiger partial charge in [-0.05, 0) is 97.7 Å². The summed E-state index contributed by atoms with van der Waals surface area (Å²) in [5.74, 6) is 0.124. The van der Waals surface area contributed by atoms with Crippen LogP contribution < -0.4 is 11.1 Å². The fourth-order valence-corrected chi connectivity index (χ4v) is 8.88. The van der Waals surface area contributed by atoms with Gasteiger partial charge in [0.2, 0.25) is 5.12 Å². The molecule has 5 rings (SSSR count). The van der Waals surface area contributed by atoms with E-state index >= 15 is 0 Å². The number of rotatable bonds is 6. The van der Waals surface area contributed by atoms with Crippen LogP contribution in [0.3, 0.4) is 0 Å². The van der Waals surface area contributed by atoms with Gasteiger partial charge in [0.05, 0.1) is 24.1 Å². The Morgan fingerprint density at radius 2 is 2.08 bits per heavy atom. The van der Waals surface area contributed by atoms with Crippen molar-refractivity contribution in [3.8, 4) is 0 Å². The number of carbonyl (C=O) groups is 2. The van der Waals surface area contributed by atoms with Gasteiger partial charge >= 0.3 is 0 Å². The summed E-state index contributed by atoms with van der Waals surface area (Å²) in [5, 5.41) is 25.4. The standard InChI is InChI=1S/C31H41N3O5S/c1-29-15-19(17-32)24(34-21-6-4-5-18(13-21)27(36)33-11-12-39-3)14-20(29)7-8-22-23-9-10-31(38,28(37)40)30(23,2)16-25(35)26(22)29/h4-6,13-14,17,22-23,25-26,35,38H,7-12,15-16,32H2,1-3H3,(H,33,36)(H,37,40)/t22-,23?,25?,26?,29-,30-,31-/m0/s1. The summed E-state index contributed by atoms with van der Waals surface area (Å²) in [6.07, 6.45) is 6.94. The van der Waals surface area contributed by atoms with Gasteiger partial charge in [-0.25, -0.2) is 4.99 Å². The third-order valence-electron chi connectivity index (χ3n) is 10.5. The van der Waals surface area contributed by atoms with Crippen molar-refractivity contribution in [1.82, 2.24) is 5.32 Å². The number of benzene rings is 1. The lowest BCUT2D eigenvalue weighted by Crippen LogP contribution is -2.61. The molecule has 7 atom stereocenters. The van der Waals surface area contributed by atoms with Gasteiger partial charge in [-0.15, -0.1) is 12.6 Å².